The second kappa shape index (κ2) is 5.58. The monoisotopic (exact) mass is 278 g/mol. The summed E-state index contributed by atoms with van der Waals surface area (Å²) in [7, 11) is 0. The van der Waals surface area contributed by atoms with Crippen LogP contribution in [0.2, 0.25) is 5.22 Å². The van der Waals surface area contributed by atoms with Crippen LogP contribution in [0.4, 0.5) is 11.4 Å². The predicted octanol–water partition coefficient (Wildman–Crippen LogP) is 3.14. The number of rotatable bonds is 3. The van der Waals surface area contributed by atoms with Gasteiger partial charge in [0, 0.05) is 18.3 Å². The molecule has 98 valence electrons. The van der Waals surface area contributed by atoms with E-state index in [1.54, 1.807) is 24.3 Å². The molecule has 5 nitrogen and oxygen atoms in total. The lowest BCUT2D eigenvalue weighted by Crippen LogP contribution is -2.12. The number of amides is 2. The van der Waals surface area contributed by atoms with E-state index in [4.69, 9.17) is 16.0 Å². The first-order valence-corrected chi connectivity index (χ1v) is 5.86. The fourth-order valence-corrected chi connectivity index (χ4v) is 1.73. The SMILES string of the molecule is CC(=O)Nc1cccc(NC(=O)c2ccoc2Cl)c1. The summed E-state index contributed by atoms with van der Waals surface area (Å²) in [4.78, 5) is 22.8. The molecule has 0 radical (unpaired) electrons. The Balaban J connectivity index is 2.13. The third kappa shape index (κ3) is 3.35. The molecule has 1 aromatic heterocycles. The van der Waals surface area contributed by atoms with Crippen LogP contribution < -0.4 is 10.6 Å². The van der Waals surface area contributed by atoms with Gasteiger partial charge in [-0.2, -0.15) is 0 Å². The molecule has 2 N–H and O–H groups in total. The maximum absolute atomic E-state index is 11.9. The van der Waals surface area contributed by atoms with Crippen molar-refractivity contribution in [2.75, 3.05) is 10.6 Å². The first-order valence-electron chi connectivity index (χ1n) is 5.48. The number of nitrogens with one attached hydrogen (secondary N) is 2. The molecule has 2 rings (SSSR count). The van der Waals surface area contributed by atoms with Crippen LogP contribution >= 0.6 is 11.6 Å². The minimum absolute atomic E-state index is 0.0375. The lowest BCUT2D eigenvalue weighted by atomic mass is 10.2. The average molecular weight is 279 g/mol. The second-order valence-corrected chi connectivity index (χ2v) is 4.17. The van der Waals surface area contributed by atoms with Crippen LogP contribution in [-0.4, -0.2) is 11.8 Å². The van der Waals surface area contributed by atoms with E-state index >= 15 is 0 Å². The molecule has 0 aliphatic rings. The Hall–Kier alpha value is -2.27. The van der Waals surface area contributed by atoms with Crippen molar-refractivity contribution in [3.8, 4) is 0 Å². The Kier molecular flexibility index (Phi) is 3.87. The summed E-state index contributed by atoms with van der Waals surface area (Å²) in [5.41, 5.74) is 1.41. The van der Waals surface area contributed by atoms with Crippen molar-refractivity contribution in [2.24, 2.45) is 0 Å². The number of hydrogen-bond acceptors (Lipinski definition) is 3. The molecule has 0 saturated carbocycles. The van der Waals surface area contributed by atoms with Crippen molar-refractivity contribution in [3.05, 3.63) is 47.4 Å². The first-order chi connectivity index (χ1) is 9.06. The quantitative estimate of drug-likeness (QED) is 0.906. The highest BCUT2D eigenvalue weighted by Crippen LogP contribution is 2.20. The molecule has 2 amide bonds. The number of carbonyl (C=O) groups excluding carboxylic acids is 2. The van der Waals surface area contributed by atoms with Crippen LogP contribution in [0.3, 0.4) is 0 Å². The highest BCUT2D eigenvalue weighted by molar-refractivity contribution is 6.32. The van der Waals surface area contributed by atoms with Gasteiger partial charge in [0.15, 0.2) is 0 Å². The van der Waals surface area contributed by atoms with Crippen molar-refractivity contribution < 1.29 is 14.0 Å². The molecule has 0 atom stereocenters. The van der Waals surface area contributed by atoms with Crippen molar-refractivity contribution >= 4 is 34.8 Å². The fourth-order valence-electron chi connectivity index (χ4n) is 1.53. The standard InChI is InChI=1S/C13H11ClN2O3/c1-8(17)15-9-3-2-4-10(7-9)16-13(18)11-5-6-19-12(11)14/h2-7H,1H3,(H,15,17)(H,16,18). The van der Waals surface area contributed by atoms with Gasteiger partial charge >= 0.3 is 0 Å². The maximum atomic E-state index is 11.9. The Morgan fingerprint density at radius 2 is 1.84 bits per heavy atom. The second-order valence-electron chi connectivity index (χ2n) is 3.82. The smallest absolute Gasteiger partial charge is 0.260 e. The molecular formula is C13H11ClN2O3. The number of benzene rings is 1. The van der Waals surface area contributed by atoms with Crippen molar-refractivity contribution in [2.45, 2.75) is 6.92 Å². The van der Waals surface area contributed by atoms with Crippen LogP contribution in [0.5, 0.6) is 0 Å². The molecule has 1 aromatic carbocycles. The summed E-state index contributed by atoms with van der Waals surface area (Å²) in [6.07, 6.45) is 1.34. The van der Waals surface area contributed by atoms with Gasteiger partial charge < -0.3 is 15.1 Å². The van der Waals surface area contributed by atoms with E-state index in [9.17, 15) is 9.59 Å². The van der Waals surface area contributed by atoms with Gasteiger partial charge in [0.1, 0.15) is 0 Å². The van der Waals surface area contributed by atoms with E-state index in [0.717, 1.165) is 0 Å². The van der Waals surface area contributed by atoms with Gasteiger partial charge in [0.05, 0.1) is 11.8 Å². The molecule has 0 saturated heterocycles. The fraction of sp³-hybridized carbons (Fsp3) is 0.0769. The highest BCUT2D eigenvalue weighted by Gasteiger charge is 2.13. The van der Waals surface area contributed by atoms with Gasteiger partial charge in [0.2, 0.25) is 11.1 Å². The van der Waals surface area contributed by atoms with E-state index in [2.05, 4.69) is 10.6 Å². The van der Waals surface area contributed by atoms with E-state index in [1.165, 1.54) is 19.3 Å². The van der Waals surface area contributed by atoms with Gasteiger partial charge in [-0.15, -0.1) is 0 Å². The number of hydrogen-bond donors (Lipinski definition) is 2. The molecule has 0 aliphatic heterocycles. The van der Waals surface area contributed by atoms with E-state index in [-0.39, 0.29) is 22.6 Å². The molecule has 2 aromatic rings. The van der Waals surface area contributed by atoms with Crippen LogP contribution in [0.1, 0.15) is 17.3 Å². The molecule has 19 heavy (non-hydrogen) atoms. The molecule has 6 heteroatoms. The zero-order chi connectivity index (χ0) is 13.8. The summed E-state index contributed by atoms with van der Waals surface area (Å²) in [5.74, 6) is -0.555. The van der Waals surface area contributed by atoms with Gasteiger partial charge in [0.25, 0.3) is 5.91 Å². The topological polar surface area (TPSA) is 71.3 Å². The zero-order valence-corrected chi connectivity index (χ0v) is 10.8. The van der Waals surface area contributed by atoms with E-state index in [0.29, 0.717) is 11.4 Å². The van der Waals surface area contributed by atoms with Crippen molar-refractivity contribution in [3.63, 3.8) is 0 Å². The van der Waals surface area contributed by atoms with Crippen LogP contribution in [0.25, 0.3) is 0 Å². The number of furan rings is 1. The zero-order valence-electron chi connectivity index (χ0n) is 10.1. The number of carbonyl (C=O) groups is 2. The normalized spacial score (nSPS) is 10.0. The first kappa shape index (κ1) is 13.2. The average Bonchev–Trinajstić information content (AvgIpc) is 2.75. The minimum Gasteiger partial charge on any atom is -0.452 e. The summed E-state index contributed by atoms with van der Waals surface area (Å²) in [6, 6.07) is 8.28. The Labute approximate surface area is 114 Å². The summed E-state index contributed by atoms with van der Waals surface area (Å²) in [5, 5.41) is 5.33. The molecule has 1 heterocycles. The van der Waals surface area contributed by atoms with Gasteiger partial charge in [-0.1, -0.05) is 6.07 Å². The number of anilines is 2. The summed E-state index contributed by atoms with van der Waals surface area (Å²) in [6.45, 7) is 1.41. The van der Waals surface area contributed by atoms with E-state index in [1.807, 2.05) is 0 Å². The Bertz CT molecular complexity index is 622. The molecule has 0 fully saturated rings. The van der Waals surface area contributed by atoms with Crippen LogP contribution in [-0.2, 0) is 4.79 Å². The minimum atomic E-state index is -0.376. The van der Waals surface area contributed by atoms with E-state index < -0.39 is 0 Å². The lowest BCUT2D eigenvalue weighted by Gasteiger charge is -2.07. The third-order valence-corrected chi connectivity index (χ3v) is 2.60. The van der Waals surface area contributed by atoms with Gasteiger partial charge in [-0.25, -0.2) is 0 Å². The van der Waals surface area contributed by atoms with Crippen molar-refractivity contribution in [1.82, 2.24) is 0 Å². The highest BCUT2D eigenvalue weighted by atomic mass is 35.5. The van der Waals surface area contributed by atoms with Crippen LogP contribution in [0.15, 0.2) is 41.0 Å². The summed E-state index contributed by atoms with van der Waals surface area (Å²) < 4.78 is 4.85. The van der Waals surface area contributed by atoms with Gasteiger partial charge in [-0.3, -0.25) is 9.59 Å². The largest absolute Gasteiger partial charge is 0.452 e. The Morgan fingerprint density at radius 3 is 2.42 bits per heavy atom. The molecule has 0 bridgehead atoms. The predicted molar refractivity (Wildman–Crippen MR) is 72.4 cm³/mol. The Morgan fingerprint density at radius 1 is 1.16 bits per heavy atom. The van der Waals surface area contributed by atoms with Crippen LogP contribution in [0, 0.1) is 0 Å². The molecule has 0 spiro atoms. The molecule has 0 unspecified atom stereocenters. The lowest BCUT2D eigenvalue weighted by molar-refractivity contribution is -0.114. The van der Waals surface area contributed by atoms with Gasteiger partial charge in [-0.05, 0) is 35.9 Å². The summed E-state index contributed by atoms with van der Waals surface area (Å²) >= 11 is 5.72. The van der Waals surface area contributed by atoms with Crippen molar-refractivity contribution in [1.29, 1.82) is 0 Å². The third-order valence-electron chi connectivity index (χ3n) is 2.30. The molecular weight excluding hydrogens is 268 g/mol. The molecule has 0 aliphatic carbocycles. The maximum Gasteiger partial charge on any atom is 0.260 e. The number of halogens is 1.